The van der Waals surface area contributed by atoms with Crippen LogP contribution >= 0.6 is 0 Å². The molecule has 0 saturated heterocycles. The molecule has 1 saturated carbocycles. The summed E-state index contributed by atoms with van der Waals surface area (Å²) in [6.45, 7) is 1.88. The van der Waals surface area contributed by atoms with E-state index in [0.29, 0.717) is 46.3 Å². The number of hydrogen-bond donors (Lipinski definition) is 2. The number of ether oxygens (including phenoxy) is 2. The number of pyridine rings is 1. The van der Waals surface area contributed by atoms with Crippen LogP contribution in [0.15, 0.2) is 60.9 Å². The number of rotatable bonds is 10. The van der Waals surface area contributed by atoms with Gasteiger partial charge in [0.05, 0.1) is 32.0 Å². The zero-order chi connectivity index (χ0) is 29.2. The van der Waals surface area contributed by atoms with E-state index >= 15 is 0 Å². The van der Waals surface area contributed by atoms with Crippen molar-refractivity contribution in [1.29, 1.82) is 0 Å². The molecule has 1 aliphatic rings. The van der Waals surface area contributed by atoms with E-state index in [2.05, 4.69) is 30.7 Å². The van der Waals surface area contributed by atoms with Gasteiger partial charge in [0.2, 0.25) is 5.91 Å². The highest BCUT2D eigenvalue weighted by atomic mass is 19.1. The molecule has 0 atom stereocenters. The fourth-order valence-electron chi connectivity index (χ4n) is 4.55. The molecule has 1 aliphatic carbocycles. The zero-order valence-corrected chi connectivity index (χ0v) is 22.9. The van der Waals surface area contributed by atoms with Crippen LogP contribution in [-0.2, 0) is 11.3 Å². The fourth-order valence-corrected chi connectivity index (χ4v) is 4.55. The Morgan fingerprint density at radius 2 is 1.88 bits per heavy atom. The van der Waals surface area contributed by atoms with Crippen LogP contribution in [0.2, 0.25) is 0 Å². The first-order valence-corrected chi connectivity index (χ1v) is 13.4. The van der Waals surface area contributed by atoms with Crippen LogP contribution in [0.25, 0.3) is 22.4 Å². The topological polar surface area (TPSA) is 116 Å². The van der Waals surface area contributed by atoms with Gasteiger partial charge in [-0.1, -0.05) is 18.2 Å². The summed E-state index contributed by atoms with van der Waals surface area (Å²) in [4.78, 5) is 25.5. The number of nitrogens with zero attached hydrogens (tertiary/aromatic N) is 5. The molecule has 0 spiro atoms. The van der Waals surface area contributed by atoms with Crippen LogP contribution in [-0.4, -0.2) is 44.4 Å². The summed E-state index contributed by atoms with van der Waals surface area (Å²) < 4.78 is 42.0. The number of aromatic nitrogens is 5. The standard InChI is InChI=1S/C30H27F2N7O3/c1-3-42-19-13-22(31)21(23(32)14-19)16-39-24-7-5-4-6-20(24)27(38-39)29-34-15-25(41-2)28(37-29)35-18-10-11-33-26(12-18)36-30(40)17-8-9-17/h4-7,10-15,17H,3,8-9,16H2,1-2H3,(H2,33,34,35,36,37,40). The van der Waals surface area contributed by atoms with Crippen molar-refractivity contribution < 1.29 is 23.0 Å². The van der Waals surface area contributed by atoms with Crippen molar-refractivity contribution in [3.63, 3.8) is 0 Å². The third-order valence-corrected chi connectivity index (χ3v) is 6.80. The van der Waals surface area contributed by atoms with E-state index in [1.54, 1.807) is 25.3 Å². The lowest BCUT2D eigenvalue weighted by Gasteiger charge is -2.12. The zero-order valence-electron chi connectivity index (χ0n) is 22.9. The first-order chi connectivity index (χ1) is 20.4. The summed E-state index contributed by atoms with van der Waals surface area (Å²) in [6, 6.07) is 13.1. The molecule has 6 rings (SSSR count). The van der Waals surface area contributed by atoms with Crippen LogP contribution in [0.1, 0.15) is 25.3 Å². The normalized spacial score (nSPS) is 12.8. The molecule has 10 nitrogen and oxygen atoms in total. The molecule has 1 amide bonds. The number of fused-ring (bicyclic) bond motifs is 1. The highest BCUT2D eigenvalue weighted by Crippen LogP contribution is 2.33. The van der Waals surface area contributed by atoms with Gasteiger partial charge in [0, 0.05) is 47.0 Å². The van der Waals surface area contributed by atoms with Gasteiger partial charge in [-0.3, -0.25) is 9.48 Å². The smallest absolute Gasteiger partial charge is 0.228 e. The Labute approximate surface area is 239 Å². The predicted octanol–water partition coefficient (Wildman–Crippen LogP) is 5.71. The molecular weight excluding hydrogens is 544 g/mol. The van der Waals surface area contributed by atoms with Gasteiger partial charge in [-0.15, -0.1) is 0 Å². The van der Waals surface area contributed by atoms with Gasteiger partial charge in [0.25, 0.3) is 0 Å². The number of anilines is 3. The largest absolute Gasteiger partial charge is 0.494 e. The van der Waals surface area contributed by atoms with E-state index in [9.17, 15) is 13.6 Å². The first-order valence-electron chi connectivity index (χ1n) is 13.4. The Balaban J connectivity index is 1.33. The molecule has 0 aliphatic heterocycles. The van der Waals surface area contributed by atoms with Gasteiger partial charge >= 0.3 is 0 Å². The number of halogens is 2. The minimum Gasteiger partial charge on any atom is -0.494 e. The molecule has 12 heteroatoms. The van der Waals surface area contributed by atoms with Crippen molar-refractivity contribution >= 4 is 34.1 Å². The lowest BCUT2D eigenvalue weighted by molar-refractivity contribution is -0.117. The monoisotopic (exact) mass is 571 g/mol. The maximum atomic E-state index is 14.9. The number of nitrogens with one attached hydrogen (secondary N) is 2. The number of amides is 1. The van der Waals surface area contributed by atoms with Crippen LogP contribution in [0, 0.1) is 17.6 Å². The highest BCUT2D eigenvalue weighted by Gasteiger charge is 2.29. The summed E-state index contributed by atoms with van der Waals surface area (Å²) in [5, 5.41) is 11.4. The number of benzene rings is 2. The van der Waals surface area contributed by atoms with Crippen molar-refractivity contribution in [2.75, 3.05) is 24.4 Å². The molecule has 214 valence electrons. The van der Waals surface area contributed by atoms with Gasteiger partial charge in [0.1, 0.15) is 28.9 Å². The highest BCUT2D eigenvalue weighted by molar-refractivity contribution is 5.94. The van der Waals surface area contributed by atoms with E-state index in [0.717, 1.165) is 12.8 Å². The first kappa shape index (κ1) is 27.1. The van der Waals surface area contributed by atoms with Crippen LogP contribution in [0.4, 0.5) is 26.1 Å². The Morgan fingerprint density at radius 1 is 1.10 bits per heavy atom. The SMILES string of the molecule is CCOc1cc(F)c(Cn2nc(-c3ncc(OC)c(Nc4ccnc(NC(=O)C5CC5)c4)n3)c3ccccc32)c(F)c1. The van der Waals surface area contributed by atoms with E-state index in [4.69, 9.17) is 9.47 Å². The van der Waals surface area contributed by atoms with Gasteiger partial charge in [-0.25, -0.2) is 23.7 Å². The van der Waals surface area contributed by atoms with Gasteiger partial charge in [-0.2, -0.15) is 5.10 Å². The molecular formula is C30H27F2N7O3. The maximum Gasteiger partial charge on any atom is 0.228 e. The lowest BCUT2D eigenvalue weighted by atomic mass is 10.1. The molecule has 3 aromatic heterocycles. The van der Waals surface area contributed by atoms with E-state index in [1.807, 2.05) is 24.3 Å². The summed E-state index contributed by atoms with van der Waals surface area (Å²) in [5.74, 6) is 0.103. The van der Waals surface area contributed by atoms with Crippen LogP contribution < -0.4 is 20.1 Å². The van der Waals surface area contributed by atoms with Gasteiger partial charge in [0.15, 0.2) is 17.4 Å². The number of methoxy groups -OCH3 is 1. The number of carbonyl (C=O) groups excluding carboxylic acids is 1. The Kier molecular flexibility index (Phi) is 7.34. The molecule has 42 heavy (non-hydrogen) atoms. The van der Waals surface area contributed by atoms with Crippen molar-refractivity contribution in [3.8, 4) is 23.0 Å². The Hall–Kier alpha value is -5.13. The number of hydrogen-bond acceptors (Lipinski definition) is 8. The van der Waals surface area contributed by atoms with Gasteiger partial charge in [-0.05, 0) is 31.9 Å². The Bertz CT molecular complexity index is 1770. The Morgan fingerprint density at radius 3 is 2.62 bits per heavy atom. The number of para-hydroxylation sites is 1. The minimum absolute atomic E-state index is 0.0463. The third kappa shape index (κ3) is 5.55. The summed E-state index contributed by atoms with van der Waals surface area (Å²) in [5.41, 5.74) is 1.56. The third-order valence-electron chi connectivity index (χ3n) is 6.80. The molecule has 3 heterocycles. The quantitative estimate of drug-likeness (QED) is 0.219. The fraction of sp³-hybridized carbons (Fsp3) is 0.233. The van der Waals surface area contributed by atoms with Crippen LogP contribution in [0.5, 0.6) is 11.5 Å². The summed E-state index contributed by atoms with van der Waals surface area (Å²) in [7, 11) is 1.50. The predicted molar refractivity (Wildman–Crippen MR) is 153 cm³/mol. The van der Waals surface area contributed by atoms with Crippen molar-refractivity contribution in [1.82, 2.24) is 24.7 Å². The minimum atomic E-state index is -0.725. The molecule has 1 fully saturated rings. The lowest BCUT2D eigenvalue weighted by Crippen LogP contribution is -2.14. The van der Waals surface area contributed by atoms with Crippen molar-refractivity contribution in [3.05, 3.63) is 78.1 Å². The molecule has 2 N–H and O–H groups in total. The second kappa shape index (κ2) is 11.4. The second-order valence-electron chi connectivity index (χ2n) is 9.75. The van der Waals surface area contributed by atoms with Crippen molar-refractivity contribution in [2.45, 2.75) is 26.3 Å². The van der Waals surface area contributed by atoms with Crippen LogP contribution in [0.3, 0.4) is 0 Å². The van der Waals surface area contributed by atoms with E-state index in [-0.39, 0.29) is 35.5 Å². The average molecular weight is 572 g/mol. The molecule has 0 unspecified atom stereocenters. The van der Waals surface area contributed by atoms with E-state index in [1.165, 1.54) is 30.1 Å². The molecule has 0 radical (unpaired) electrons. The molecule has 5 aromatic rings. The summed E-state index contributed by atoms with van der Waals surface area (Å²) >= 11 is 0. The molecule has 2 aromatic carbocycles. The van der Waals surface area contributed by atoms with Crippen molar-refractivity contribution in [2.24, 2.45) is 5.92 Å². The average Bonchev–Trinajstić information content (AvgIpc) is 3.77. The number of carbonyl (C=O) groups is 1. The second-order valence-corrected chi connectivity index (χ2v) is 9.75. The molecule has 0 bridgehead atoms. The van der Waals surface area contributed by atoms with E-state index < -0.39 is 11.6 Å². The maximum absolute atomic E-state index is 14.9. The van der Waals surface area contributed by atoms with Gasteiger partial charge < -0.3 is 20.1 Å². The summed E-state index contributed by atoms with van der Waals surface area (Å²) in [6.07, 6.45) is 4.87.